The largest absolute Gasteiger partial charge is 0.789 e. The maximum Gasteiger partial charge on any atom is 0.258 e. The lowest BCUT2D eigenvalue weighted by Gasteiger charge is -2.21. The van der Waals surface area contributed by atoms with Crippen molar-refractivity contribution in [2.45, 2.75) is 24.5 Å². The van der Waals surface area contributed by atoms with Gasteiger partial charge >= 0.3 is 0 Å². The van der Waals surface area contributed by atoms with E-state index in [9.17, 15) is 15.3 Å². The van der Waals surface area contributed by atoms with Gasteiger partial charge in [-0.3, -0.25) is 0 Å². The second-order valence-corrected chi connectivity index (χ2v) is 3.30. The minimum Gasteiger partial charge on any atom is -0.789 e. The van der Waals surface area contributed by atoms with Crippen LogP contribution in [0.5, 0.6) is 0 Å². The molecule has 4 atom stereocenters. The Hall–Kier alpha value is -1.24. The molecule has 0 saturated carbocycles. The topological polar surface area (TPSA) is 109 Å². The van der Waals surface area contributed by atoms with E-state index < -0.39 is 37.0 Å². The third-order valence-corrected chi connectivity index (χ3v) is 2.35. The van der Waals surface area contributed by atoms with E-state index in [0.717, 1.165) is 11.1 Å². The molecular weight excluding hydrogens is 204 g/mol. The summed E-state index contributed by atoms with van der Waals surface area (Å²) in [7, 11) is 0. The first-order valence-electron chi connectivity index (χ1n) is 4.39. The van der Waals surface area contributed by atoms with Crippen LogP contribution in [-0.4, -0.2) is 57.7 Å². The summed E-state index contributed by atoms with van der Waals surface area (Å²) in [6.07, 6.45) is -1.11. The molecule has 0 aromatic heterocycles. The molecule has 3 N–H and O–H groups in total. The smallest absolute Gasteiger partial charge is 0.258 e. The lowest BCUT2D eigenvalue weighted by atomic mass is 10.1. The number of aliphatic imine (C=N–C) groups is 1. The Labute approximate surface area is 85.5 Å². The van der Waals surface area contributed by atoms with E-state index >= 15 is 0 Å². The first-order chi connectivity index (χ1) is 7.15. The first kappa shape index (κ1) is 10.3. The van der Waals surface area contributed by atoms with Crippen LogP contribution in [0.15, 0.2) is 17.1 Å². The second kappa shape index (κ2) is 3.73. The van der Waals surface area contributed by atoms with Crippen LogP contribution in [0.25, 0.3) is 0 Å². The van der Waals surface area contributed by atoms with Crippen molar-refractivity contribution < 1.29 is 25.2 Å². The van der Waals surface area contributed by atoms with Crippen molar-refractivity contribution in [1.29, 1.82) is 0 Å². The van der Waals surface area contributed by atoms with E-state index in [1.807, 2.05) is 0 Å². The van der Waals surface area contributed by atoms with E-state index in [0.29, 0.717) is 0 Å². The highest BCUT2D eigenvalue weighted by Gasteiger charge is 2.48. The van der Waals surface area contributed by atoms with Crippen molar-refractivity contribution in [3.8, 4) is 0 Å². The van der Waals surface area contributed by atoms with Crippen LogP contribution < -0.4 is 5.11 Å². The molecular formula is C8H10N2O5. The van der Waals surface area contributed by atoms with Gasteiger partial charge in [-0.05, 0) is 4.99 Å². The fourth-order valence-electron chi connectivity index (χ4n) is 1.53. The van der Waals surface area contributed by atoms with Crippen molar-refractivity contribution >= 4 is 6.34 Å². The summed E-state index contributed by atoms with van der Waals surface area (Å²) in [5.41, 5.74) is 0. The average molecular weight is 214 g/mol. The van der Waals surface area contributed by atoms with Crippen LogP contribution in [-0.2, 0) is 4.74 Å². The zero-order valence-electron chi connectivity index (χ0n) is 7.65. The molecule has 0 aromatic carbocycles. The molecule has 2 aliphatic heterocycles. The standard InChI is InChI=1S/C8H10N2O5/c11-2-4-6(13)7(14)8(15-4)10-3-9-1-5(10)12/h1,4,6-8,11,13-14H,2H2/t4-,6-,7-,8-/m1/s1. The Kier molecular flexibility index (Phi) is 2.56. The number of hydrogen-bond acceptors (Lipinski definition) is 7. The Bertz CT molecular complexity index is 305. The van der Waals surface area contributed by atoms with Gasteiger partial charge in [0.05, 0.1) is 6.61 Å². The molecule has 2 heterocycles. The highest BCUT2D eigenvalue weighted by molar-refractivity contribution is 5.61. The fraction of sp³-hybridized carbons (Fsp3) is 0.625. The maximum absolute atomic E-state index is 11.2. The SMILES string of the molecule is [O-]C1=CN=[C+]N1[C@@H]1O[C@H](CO)[C@@H](O)[C@H]1O. The zero-order chi connectivity index (χ0) is 11.0. The molecule has 1 saturated heterocycles. The van der Waals surface area contributed by atoms with Crippen LogP contribution >= 0.6 is 0 Å². The normalized spacial score (nSPS) is 39.4. The Balaban J connectivity index is 2.11. The van der Waals surface area contributed by atoms with Crippen LogP contribution in [0.3, 0.4) is 0 Å². The third kappa shape index (κ3) is 1.56. The third-order valence-electron chi connectivity index (χ3n) is 2.35. The molecule has 82 valence electrons. The van der Waals surface area contributed by atoms with Crippen molar-refractivity contribution in [2.75, 3.05) is 6.61 Å². The Morgan fingerprint density at radius 1 is 1.53 bits per heavy atom. The van der Waals surface area contributed by atoms with Crippen LogP contribution in [0.4, 0.5) is 0 Å². The van der Waals surface area contributed by atoms with Gasteiger partial charge < -0.3 is 25.2 Å². The van der Waals surface area contributed by atoms with E-state index in [-0.39, 0.29) is 0 Å². The van der Waals surface area contributed by atoms with Gasteiger partial charge in [0.15, 0.2) is 12.1 Å². The minimum absolute atomic E-state index is 0.433. The molecule has 7 heteroatoms. The van der Waals surface area contributed by atoms with Crippen LogP contribution in [0, 0.1) is 0 Å². The predicted molar refractivity (Wildman–Crippen MR) is 45.1 cm³/mol. The summed E-state index contributed by atoms with van der Waals surface area (Å²) >= 11 is 0. The summed E-state index contributed by atoms with van der Waals surface area (Å²) in [5.74, 6) is -0.482. The van der Waals surface area contributed by atoms with Crippen LogP contribution in [0.1, 0.15) is 0 Å². The van der Waals surface area contributed by atoms with Gasteiger partial charge in [-0.15, -0.1) is 4.90 Å². The molecule has 0 radical (unpaired) electrons. The molecule has 1 fully saturated rings. The molecule has 0 aromatic rings. The molecule has 0 aliphatic carbocycles. The van der Waals surface area contributed by atoms with Gasteiger partial charge in [0.2, 0.25) is 6.20 Å². The highest BCUT2D eigenvalue weighted by Crippen LogP contribution is 2.25. The molecule has 2 aliphatic rings. The quantitative estimate of drug-likeness (QED) is 0.418. The van der Waals surface area contributed by atoms with Gasteiger partial charge in [0.1, 0.15) is 18.3 Å². The number of aliphatic hydroxyl groups excluding tert-OH is 3. The second-order valence-electron chi connectivity index (χ2n) is 3.30. The first-order valence-corrected chi connectivity index (χ1v) is 4.39. The van der Waals surface area contributed by atoms with Gasteiger partial charge in [-0.1, -0.05) is 0 Å². The number of aliphatic hydroxyl groups is 3. The number of ether oxygens (including phenoxy) is 1. The monoisotopic (exact) mass is 214 g/mol. The highest BCUT2D eigenvalue weighted by atomic mass is 16.6. The zero-order valence-corrected chi connectivity index (χ0v) is 7.65. The number of rotatable bonds is 2. The molecule has 7 nitrogen and oxygen atoms in total. The fourth-order valence-corrected chi connectivity index (χ4v) is 1.53. The molecule has 2 rings (SSSR count). The molecule has 0 amide bonds. The molecule has 15 heavy (non-hydrogen) atoms. The predicted octanol–water partition coefficient (Wildman–Crippen LogP) is -3.19. The lowest BCUT2D eigenvalue weighted by Crippen LogP contribution is -2.44. The van der Waals surface area contributed by atoms with E-state index in [1.54, 1.807) is 0 Å². The molecule has 0 unspecified atom stereocenters. The van der Waals surface area contributed by atoms with Crippen LogP contribution in [0.2, 0.25) is 0 Å². The van der Waals surface area contributed by atoms with Crippen molar-refractivity contribution in [1.82, 2.24) is 4.90 Å². The summed E-state index contributed by atoms with van der Waals surface area (Å²) in [5, 5.41) is 39.0. The number of hydrogen-bond donors (Lipinski definition) is 3. The summed E-state index contributed by atoms with van der Waals surface area (Å²) in [6.45, 7) is -0.433. The Morgan fingerprint density at radius 2 is 2.27 bits per heavy atom. The lowest BCUT2D eigenvalue weighted by molar-refractivity contribution is -0.334. The van der Waals surface area contributed by atoms with Gasteiger partial charge in [0, 0.05) is 0 Å². The number of nitrogens with zero attached hydrogens (tertiary/aromatic N) is 2. The van der Waals surface area contributed by atoms with Gasteiger partial charge in [0.25, 0.3) is 6.34 Å². The van der Waals surface area contributed by atoms with E-state index in [4.69, 9.17) is 9.84 Å². The Morgan fingerprint density at radius 3 is 2.73 bits per heavy atom. The van der Waals surface area contributed by atoms with Crippen molar-refractivity contribution in [2.24, 2.45) is 4.99 Å². The van der Waals surface area contributed by atoms with Crippen molar-refractivity contribution in [3.63, 3.8) is 0 Å². The van der Waals surface area contributed by atoms with Crippen molar-refractivity contribution in [3.05, 3.63) is 12.1 Å². The molecule has 0 spiro atoms. The summed E-state index contributed by atoms with van der Waals surface area (Å²) < 4.78 is 5.10. The maximum atomic E-state index is 11.2. The van der Waals surface area contributed by atoms with Gasteiger partial charge in [-0.2, -0.15) is 0 Å². The average Bonchev–Trinajstić information content (AvgIpc) is 2.74. The minimum atomic E-state index is -1.28. The van der Waals surface area contributed by atoms with Gasteiger partial charge in [-0.25, -0.2) is 0 Å². The van der Waals surface area contributed by atoms with E-state index in [2.05, 4.69) is 11.3 Å². The molecule has 0 bridgehead atoms. The summed E-state index contributed by atoms with van der Waals surface area (Å²) in [6, 6.07) is 0. The summed E-state index contributed by atoms with van der Waals surface area (Å²) in [4.78, 5) is 4.41. The van der Waals surface area contributed by atoms with E-state index in [1.165, 1.54) is 0 Å².